The molecule has 0 atom stereocenters. The topological polar surface area (TPSA) is 135 Å². The number of benzene rings is 3. The number of nitro benzene ring substituents is 1. The summed E-state index contributed by atoms with van der Waals surface area (Å²) in [6, 6.07) is 18.0. The molecule has 11 heteroatoms. The first-order chi connectivity index (χ1) is 13.7. The van der Waals surface area contributed by atoms with Gasteiger partial charge in [0.1, 0.15) is 0 Å². The molecule has 0 spiro atoms. The fourth-order valence-electron chi connectivity index (χ4n) is 2.40. The van der Waals surface area contributed by atoms with Crippen LogP contribution in [0.4, 0.5) is 17.1 Å². The van der Waals surface area contributed by atoms with Crippen molar-refractivity contribution in [3.05, 3.63) is 89.0 Å². The standard InChI is InChI=1S/C18H15N3O6S2/c22-21(23)16-7-4-8-18(13-16)29(26,27)20-15-9-11-17(12-10-15)28(24,25)19-14-5-2-1-3-6-14/h1-13,19-20H. The van der Waals surface area contributed by atoms with Crippen LogP contribution >= 0.6 is 0 Å². The average Bonchev–Trinajstić information content (AvgIpc) is 2.68. The van der Waals surface area contributed by atoms with Crippen LogP contribution in [0.5, 0.6) is 0 Å². The lowest BCUT2D eigenvalue weighted by molar-refractivity contribution is -0.385. The summed E-state index contributed by atoms with van der Waals surface area (Å²) in [5.74, 6) is 0. The number of hydrogen-bond donors (Lipinski definition) is 2. The molecule has 3 rings (SSSR count). The van der Waals surface area contributed by atoms with Crippen molar-refractivity contribution in [2.45, 2.75) is 9.79 Å². The molecule has 0 aliphatic carbocycles. The Bertz CT molecular complexity index is 1240. The Hall–Kier alpha value is -3.44. The Morgan fingerprint density at radius 2 is 1.21 bits per heavy atom. The molecule has 3 aromatic rings. The number of sulfonamides is 2. The normalized spacial score (nSPS) is 11.6. The third-order valence-electron chi connectivity index (χ3n) is 3.78. The minimum Gasteiger partial charge on any atom is -0.280 e. The van der Waals surface area contributed by atoms with Gasteiger partial charge >= 0.3 is 0 Å². The predicted molar refractivity (Wildman–Crippen MR) is 108 cm³/mol. The maximum atomic E-state index is 12.4. The number of anilines is 2. The van der Waals surface area contributed by atoms with Crippen molar-refractivity contribution in [1.82, 2.24) is 0 Å². The molecule has 0 radical (unpaired) electrons. The SMILES string of the molecule is O=[N+]([O-])c1cccc(S(=O)(=O)Nc2ccc(S(=O)(=O)Nc3ccccc3)cc2)c1. The number of rotatable bonds is 7. The molecule has 9 nitrogen and oxygen atoms in total. The minimum atomic E-state index is -4.09. The second-order valence-electron chi connectivity index (χ2n) is 5.86. The molecule has 150 valence electrons. The maximum Gasteiger partial charge on any atom is 0.270 e. The number of nitro groups is 1. The summed E-state index contributed by atoms with van der Waals surface area (Å²) in [5, 5.41) is 10.8. The largest absolute Gasteiger partial charge is 0.280 e. The van der Waals surface area contributed by atoms with Crippen molar-refractivity contribution in [2.24, 2.45) is 0 Å². The van der Waals surface area contributed by atoms with Gasteiger partial charge in [0.15, 0.2) is 0 Å². The summed E-state index contributed by atoms with van der Waals surface area (Å²) >= 11 is 0. The van der Waals surface area contributed by atoms with Gasteiger partial charge in [0, 0.05) is 23.5 Å². The Morgan fingerprint density at radius 1 is 0.655 bits per heavy atom. The van der Waals surface area contributed by atoms with Crippen LogP contribution in [-0.4, -0.2) is 21.8 Å². The lowest BCUT2D eigenvalue weighted by Gasteiger charge is -2.10. The van der Waals surface area contributed by atoms with Crippen molar-refractivity contribution >= 4 is 37.1 Å². The zero-order chi connectivity index (χ0) is 21.1. The summed E-state index contributed by atoms with van der Waals surface area (Å²) in [5.41, 5.74) is 0.138. The maximum absolute atomic E-state index is 12.4. The van der Waals surface area contributed by atoms with E-state index in [2.05, 4.69) is 9.44 Å². The minimum absolute atomic E-state index is 0.0559. The monoisotopic (exact) mass is 433 g/mol. The molecule has 0 amide bonds. The molecule has 0 heterocycles. The summed E-state index contributed by atoms with van der Waals surface area (Å²) in [6.07, 6.45) is 0. The van der Waals surface area contributed by atoms with Crippen molar-refractivity contribution in [2.75, 3.05) is 9.44 Å². The van der Waals surface area contributed by atoms with Gasteiger partial charge in [-0.1, -0.05) is 24.3 Å². The number of para-hydroxylation sites is 1. The van der Waals surface area contributed by atoms with Crippen molar-refractivity contribution < 1.29 is 21.8 Å². The van der Waals surface area contributed by atoms with Gasteiger partial charge in [-0.2, -0.15) is 0 Å². The number of nitrogens with one attached hydrogen (secondary N) is 2. The summed E-state index contributed by atoms with van der Waals surface area (Å²) in [4.78, 5) is 9.79. The smallest absolute Gasteiger partial charge is 0.270 e. The number of non-ortho nitro benzene ring substituents is 1. The Morgan fingerprint density at radius 3 is 1.79 bits per heavy atom. The number of hydrogen-bond acceptors (Lipinski definition) is 6. The van der Waals surface area contributed by atoms with Crippen LogP contribution in [-0.2, 0) is 20.0 Å². The Kier molecular flexibility index (Phi) is 5.52. The van der Waals surface area contributed by atoms with E-state index in [1.807, 2.05) is 0 Å². The molecule has 0 aromatic heterocycles. The van der Waals surface area contributed by atoms with Gasteiger partial charge < -0.3 is 0 Å². The van der Waals surface area contributed by atoms with E-state index < -0.39 is 25.0 Å². The first-order valence-electron chi connectivity index (χ1n) is 8.13. The van der Waals surface area contributed by atoms with Crippen LogP contribution in [0.15, 0.2) is 88.7 Å². The van der Waals surface area contributed by atoms with E-state index in [1.165, 1.54) is 42.5 Å². The van der Waals surface area contributed by atoms with Crippen LogP contribution in [0.2, 0.25) is 0 Å². The van der Waals surface area contributed by atoms with Crippen LogP contribution in [0.25, 0.3) is 0 Å². The van der Waals surface area contributed by atoms with E-state index in [0.29, 0.717) is 5.69 Å². The summed E-state index contributed by atoms with van der Waals surface area (Å²) in [7, 11) is -7.93. The van der Waals surface area contributed by atoms with E-state index in [4.69, 9.17) is 0 Å². The lowest BCUT2D eigenvalue weighted by atomic mass is 10.3. The van der Waals surface area contributed by atoms with E-state index in [-0.39, 0.29) is 21.2 Å². The van der Waals surface area contributed by atoms with Gasteiger partial charge in [-0.15, -0.1) is 0 Å². The first kappa shape index (κ1) is 20.3. The molecule has 3 aromatic carbocycles. The molecule has 0 bridgehead atoms. The fraction of sp³-hybridized carbons (Fsp3) is 0. The highest BCUT2D eigenvalue weighted by atomic mass is 32.2. The highest BCUT2D eigenvalue weighted by molar-refractivity contribution is 7.93. The van der Waals surface area contributed by atoms with E-state index in [0.717, 1.165) is 6.07 Å². The molecular weight excluding hydrogens is 418 g/mol. The van der Waals surface area contributed by atoms with Crippen molar-refractivity contribution in [3.8, 4) is 0 Å². The third-order valence-corrected chi connectivity index (χ3v) is 6.56. The van der Waals surface area contributed by atoms with Gasteiger partial charge in [-0.3, -0.25) is 19.6 Å². The molecule has 29 heavy (non-hydrogen) atoms. The third kappa shape index (κ3) is 4.89. The molecule has 0 saturated heterocycles. The first-order valence-corrected chi connectivity index (χ1v) is 11.1. The average molecular weight is 433 g/mol. The highest BCUT2D eigenvalue weighted by Crippen LogP contribution is 2.22. The second-order valence-corrected chi connectivity index (χ2v) is 9.22. The van der Waals surface area contributed by atoms with Gasteiger partial charge in [0.05, 0.1) is 14.7 Å². The molecule has 0 fully saturated rings. The van der Waals surface area contributed by atoms with Crippen molar-refractivity contribution in [1.29, 1.82) is 0 Å². The Balaban J connectivity index is 1.80. The zero-order valence-electron chi connectivity index (χ0n) is 14.7. The molecular formula is C18H15N3O6S2. The van der Waals surface area contributed by atoms with Crippen LogP contribution in [0.3, 0.4) is 0 Å². The summed E-state index contributed by atoms with van der Waals surface area (Å²) < 4.78 is 54.4. The lowest BCUT2D eigenvalue weighted by Crippen LogP contribution is -2.14. The molecule has 0 aliphatic heterocycles. The molecule has 0 aliphatic rings. The van der Waals surface area contributed by atoms with Crippen molar-refractivity contribution in [3.63, 3.8) is 0 Å². The summed E-state index contributed by atoms with van der Waals surface area (Å²) in [6.45, 7) is 0. The van der Waals surface area contributed by atoms with E-state index >= 15 is 0 Å². The van der Waals surface area contributed by atoms with Gasteiger partial charge in [-0.25, -0.2) is 16.8 Å². The molecule has 0 saturated carbocycles. The molecule has 0 unspecified atom stereocenters. The van der Waals surface area contributed by atoms with Crippen LogP contribution in [0, 0.1) is 10.1 Å². The van der Waals surface area contributed by atoms with Crippen LogP contribution < -0.4 is 9.44 Å². The van der Waals surface area contributed by atoms with Gasteiger partial charge in [0.2, 0.25) is 0 Å². The number of nitrogens with zero attached hydrogens (tertiary/aromatic N) is 1. The van der Waals surface area contributed by atoms with Crippen LogP contribution in [0.1, 0.15) is 0 Å². The fourth-order valence-corrected chi connectivity index (χ4v) is 4.56. The molecule has 2 N–H and O–H groups in total. The van der Waals surface area contributed by atoms with Gasteiger partial charge in [0.25, 0.3) is 25.7 Å². The van der Waals surface area contributed by atoms with E-state index in [9.17, 15) is 26.9 Å². The quantitative estimate of drug-likeness (QED) is 0.434. The van der Waals surface area contributed by atoms with E-state index in [1.54, 1.807) is 30.3 Å². The second kappa shape index (κ2) is 7.89. The predicted octanol–water partition coefficient (Wildman–Crippen LogP) is 3.20. The highest BCUT2D eigenvalue weighted by Gasteiger charge is 2.19. The Labute approximate surface area is 167 Å². The van der Waals surface area contributed by atoms with Gasteiger partial charge in [-0.05, 0) is 42.5 Å². The zero-order valence-corrected chi connectivity index (χ0v) is 16.4.